The van der Waals surface area contributed by atoms with Gasteiger partial charge in [-0.25, -0.2) is 0 Å². The molecule has 0 spiro atoms. The fourth-order valence-corrected chi connectivity index (χ4v) is 0.757. The third kappa shape index (κ3) is 4.24. The molecule has 1 atom stereocenters. The highest BCUT2D eigenvalue weighted by atomic mass is 16.1. The van der Waals surface area contributed by atoms with E-state index in [-0.39, 0.29) is 11.7 Å². The lowest BCUT2D eigenvalue weighted by atomic mass is 10.0. The minimum absolute atomic E-state index is 0.0869. The van der Waals surface area contributed by atoms with Gasteiger partial charge in [0, 0.05) is 12.3 Å². The highest BCUT2D eigenvalue weighted by Crippen LogP contribution is 2.07. The highest BCUT2D eigenvalue weighted by molar-refractivity contribution is 5.75. The maximum absolute atomic E-state index is 10.5. The Kier molecular flexibility index (Phi) is 4.81. The fourth-order valence-electron chi connectivity index (χ4n) is 0.757. The molecule has 10 heavy (non-hydrogen) atoms. The minimum atomic E-state index is 0.0869. The third-order valence-corrected chi connectivity index (χ3v) is 1.58. The molecule has 2 nitrogen and oxygen atoms in total. The van der Waals surface area contributed by atoms with Gasteiger partial charge >= 0.3 is 0 Å². The van der Waals surface area contributed by atoms with Gasteiger partial charge in [-0.05, 0) is 19.8 Å². The van der Waals surface area contributed by atoms with Crippen LogP contribution in [0.15, 0.2) is 0 Å². The molecule has 0 rings (SSSR count). The number of ketones is 1. The van der Waals surface area contributed by atoms with Crippen molar-refractivity contribution in [1.29, 1.82) is 0 Å². The monoisotopic (exact) mass is 142 g/mol. The molecular formula is C8H14O2. The van der Waals surface area contributed by atoms with Gasteiger partial charge in [0.1, 0.15) is 12.1 Å². The molecule has 0 amide bonds. The summed E-state index contributed by atoms with van der Waals surface area (Å²) in [6.07, 6.45) is 3.03. The van der Waals surface area contributed by atoms with Crippen molar-refractivity contribution in [3.05, 3.63) is 0 Å². The van der Waals surface area contributed by atoms with Crippen LogP contribution in [-0.4, -0.2) is 12.1 Å². The maximum atomic E-state index is 10.5. The summed E-state index contributed by atoms with van der Waals surface area (Å²) in [7, 11) is 0. The molecule has 0 saturated heterocycles. The van der Waals surface area contributed by atoms with Crippen molar-refractivity contribution in [3.63, 3.8) is 0 Å². The summed E-state index contributed by atoms with van der Waals surface area (Å²) in [6, 6.07) is 0. The van der Waals surface area contributed by atoms with Crippen LogP contribution in [0.5, 0.6) is 0 Å². The number of carbonyl (C=O) groups is 2. The number of hydrogen-bond acceptors (Lipinski definition) is 2. The lowest BCUT2D eigenvalue weighted by molar-refractivity contribution is -0.117. The molecule has 0 aliphatic heterocycles. The number of carbonyl (C=O) groups excluding carboxylic acids is 2. The Hall–Kier alpha value is -0.660. The Morgan fingerprint density at radius 3 is 2.50 bits per heavy atom. The molecule has 0 unspecified atom stereocenters. The minimum Gasteiger partial charge on any atom is -0.303 e. The molecule has 0 aromatic carbocycles. The average molecular weight is 142 g/mol. The summed E-state index contributed by atoms with van der Waals surface area (Å²) in [4.78, 5) is 20.7. The van der Waals surface area contributed by atoms with Crippen LogP contribution in [0, 0.1) is 5.92 Å². The van der Waals surface area contributed by atoms with Crippen LogP contribution < -0.4 is 0 Å². The second-order valence-corrected chi connectivity index (χ2v) is 2.55. The third-order valence-electron chi connectivity index (χ3n) is 1.58. The summed E-state index contributed by atoms with van der Waals surface area (Å²) < 4.78 is 0. The Morgan fingerprint density at radius 1 is 1.60 bits per heavy atom. The van der Waals surface area contributed by atoms with Crippen LogP contribution >= 0.6 is 0 Å². The van der Waals surface area contributed by atoms with Gasteiger partial charge in [0.2, 0.25) is 0 Å². The summed E-state index contributed by atoms with van der Waals surface area (Å²) in [5.41, 5.74) is 0. The average Bonchev–Trinajstić information content (AvgIpc) is 1.90. The van der Waals surface area contributed by atoms with Crippen LogP contribution in [0.1, 0.15) is 33.1 Å². The van der Waals surface area contributed by atoms with Gasteiger partial charge in [0.25, 0.3) is 0 Å². The molecular weight excluding hydrogens is 128 g/mol. The molecule has 0 radical (unpaired) electrons. The van der Waals surface area contributed by atoms with E-state index in [0.717, 1.165) is 19.1 Å². The van der Waals surface area contributed by atoms with Crippen LogP contribution in [0.4, 0.5) is 0 Å². The van der Waals surface area contributed by atoms with E-state index in [9.17, 15) is 9.59 Å². The zero-order valence-electron chi connectivity index (χ0n) is 6.59. The van der Waals surface area contributed by atoms with E-state index < -0.39 is 0 Å². The molecule has 0 N–H and O–H groups in total. The molecule has 2 heteroatoms. The van der Waals surface area contributed by atoms with Gasteiger partial charge in [-0.15, -0.1) is 0 Å². The van der Waals surface area contributed by atoms with Gasteiger partial charge in [-0.2, -0.15) is 0 Å². The van der Waals surface area contributed by atoms with E-state index in [2.05, 4.69) is 0 Å². The van der Waals surface area contributed by atoms with Gasteiger partial charge in [0.15, 0.2) is 0 Å². The Balaban J connectivity index is 3.44. The molecule has 0 bridgehead atoms. The standard InChI is InChI=1S/C8H14O2/c1-3-8(6-9)5-4-7(2)10/h6,8H,3-5H2,1-2H3/t8-/m0/s1. The predicted octanol–water partition coefficient (Wildman–Crippen LogP) is 1.58. The van der Waals surface area contributed by atoms with Crippen LogP contribution in [-0.2, 0) is 9.59 Å². The largest absolute Gasteiger partial charge is 0.303 e. The van der Waals surface area contributed by atoms with Crippen molar-refractivity contribution in [2.75, 3.05) is 0 Å². The van der Waals surface area contributed by atoms with Gasteiger partial charge in [-0.1, -0.05) is 6.92 Å². The lowest BCUT2D eigenvalue weighted by Gasteiger charge is -2.02. The number of rotatable bonds is 5. The van der Waals surface area contributed by atoms with Crippen molar-refractivity contribution in [2.24, 2.45) is 5.92 Å². The van der Waals surface area contributed by atoms with Crippen LogP contribution in [0.2, 0.25) is 0 Å². The molecule has 0 aliphatic rings. The first-order chi connectivity index (χ1) is 4.70. The van der Waals surface area contributed by atoms with E-state index in [4.69, 9.17) is 0 Å². The highest BCUT2D eigenvalue weighted by Gasteiger charge is 2.04. The second kappa shape index (κ2) is 5.15. The van der Waals surface area contributed by atoms with Gasteiger partial charge in [0.05, 0.1) is 0 Å². The smallest absolute Gasteiger partial charge is 0.129 e. The summed E-state index contributed by atoms with van der Waals surface area (Å²) in [6.45, 7) is 3.51. The molecule has 58 valence electrons. The maximum Gasteiger partial charge on any atom is 0.129 e. The molecule has 0 aromatic rings. The lowest BCUT2D eigenvalue weighted by Crippen LogP contribution is -2.02. The number of Topliss-reactive ketones (excluding diaryl/α,β-unsaturated/α-hetero) is 1. The van der Waals surface area contributed by atoms with Crippen LogP contribution in [0.3, 0.4) is 0 Å². The fraction of sp³-hybridized carbons (Fsp3) is 0.750. The summed E-state index contributed by atoms with van der Waals surface area (Å²) in [5, 5.41) is 0. The van der Waals surface area contributed by atoms with Gasteiger partial charge < -0.3 is 9.59 Å². The van der Waals surface area contributed by atoms with Crippen LogP contribution in [0.25, 0.3) is 0 Å². The molecule has 0 aliphatic carbocycles. The van der Waals surface area contributed by atoms with E-state index in [0.29, 0.717) is 6.42 Å². The predicted molar refractivity (Wildman–Crippen MR) is 39.8 cm³/mol. The quantitative estimate of drug-likeness (QED) is 0.546. The van der Waals surface area contributed by atoms with Crippen molar-refractivity contribution < 1.29 is 9.59 Å². The first-order valence-corrected chi connectivity index (χ1v) is 3.65. The van der Waals surface area contributed by atoms with Crippen molar-refractivity contribution in [2.45, 2.75) is 33.1 Å². The molecule has 0 fully saturated rings. The van der Waals surface area contributed by atoms with Crippen molar-refractivity contribution in [3.8, 4) is 0 Å². The number of hydrogen-bond donors (Lipinski definition) is 0. The summed E-state index contributed by atoms with van der Waals surface area (Å²) in [5.74, 6) is 0.254. The van der Waals surface area contributed by atoms with E-state index >= 15 is 0 Å². The van der Waals surface area contributed by atoms with E-state index in [1.807, 2.05) is 6.92 Å². The number of aldehydes is 1. The van der Waals surface area contributed by atoms with E-state index in [1.165, 1.54) is 0 Å². The Bertz CT molecular complexity index is 118. The molecule has 0 saturated carbocycles. The zero-order valence-corrected chi connectivity index (χ0v) is 6.59. The van der Waals surface area contributed by atoms with E-state index in [1.54, 1.807) is 6.92 Å². The Labute approximate surface area is 61.6 Å². The SMILES string of the molecule is CC[C@H](C=O)CCC(C)=O. The first kappa shape index (κ1) is 9.34. The topological polar surface area (TPSA) is 34.1 Å². The second-order valence-electron chi connectivity index (χ2n) is 2.55. The van der Waals surface area contributed by atoms with Gasteiger partial charge in [-0.3, -0.25) is 0 Å². The van der Waals surface area contributed by atoms with Crippen molar-refractivity contribution in [1.82, 2.24) is 0 Å². The molecule has 0 aromatic heterocycles. The van der Waals surface area contributed by atoms with Crippen molar-refractivity contribution >= 4 is 12.1 Å². The Morgan fingerprint density at radius 2 is 2.20 bits per heavy atom. The zero-order chi connectivity index (χ0) is 7.98. The summed E-state index contributed by atoms with van der Waals surface area (Å²) >= 11 is 0. The first-order valence-electron chi connectivity index (χ1n) is 3.65. The molecule has 0 heterocycles. The normalized spacial score (nSPS) is 12.6.